The number of benzene rings is 1. The molecule has 1 fully saturated rings. The number of carboxylic acids is 1. The highest BCUT2D eigenvalue weighted by atomic mass is 79.9. The molecule has 0 aromatic heterocycles. The molecular formula is C12H14BrNO5S. The highest BCUT2D eigenvalue weighted by Gasteiger charge is 2.40. The van der Waals surface area contributed by atoms with E-state index in [0.717, 1.165) is 4.31 Å². The molecule has 0 amide bonds. The number of hydrogen-bond donors (Lipinski definition) is 1. The number of carboxylic acid groups (broad SMARTS) is 1. The van der Waals surface area contributed by atoms with Crippen LogP contribution < -0.4 is 4.74 Å². The molecule has 1 N–H and O–H groups in total. The molecule has 0 aliphatic carbocycles. The zero-order chi connectivity index (χ0) is 14.9. The molecule has 1 aliphatic rings. The van der Waals surface area contributed by atoms with Gasteiger partial charge in [0.15, 0.2) is 0 Å². The summed E-state index contributed by atoms with van der Waals surface area (Å²) in [6.45, 7) is 0.203. The van der Waals surface area contributed by atoms with Gasteiger partial charge < -0.3 is 9.84 Å². The van der Waals surface area contributed by atoms with Gasteiger partial charge in [-0.2, -0.15) is 4.31 Å². The van der Waals surface area contributed by atoms with Crippen LogP contribution in [0.5, 0.6) is 5.75 Å². The molecule has 20 heavy (non-hydrogen) atoms. The minimum atomic E-state index is -3.90. The Hall–Kier alpha value is -1.12. The van der Waals surface area contributed by atoms with Crippen LogP contribution in [0.2, 0.25) is 0 Å². The number of aliphatic carboxylic acids is 1. The fourth-order valence-corrected chi connectivity index (χ4v) is 4.60. The van der Waals surface area contributed by atoms with Crippen molar-refractivity contribution in [2.24, 2.45) is 0 Å². The number of methoxy groups -OCH3 is 1. The lowest BCUT2D eigenvalue weighted by atomic mass is 10.2. The molecule has 1 unspecified atom stereocenters. The Morgan fingerprint density at radius 3 is 2.80 bits per heavy atom. The van der Waals surface area contributed by atoms with Crippen molar-refractivity contribution in [2.45, 2.75) is 23.8 Å². The second kappa shape index (κ2) is 5.71. The molecule has 0 spiro atoms. The maximum atomic E-state index is 12.6. The molecule has 8 heteroatoms. The zero-order valence-corrected chi connectivity index (χ0v) is 13.1. The van der Waals surface area contributed by atoms with Crippen LogP contribution in [0.4, 0.5) is 0 Å². The molecule has 1 heterocycles. The number of sulfonamides is 1. The first-order valence-electron chi connectivity index (χ1n) is 5.96. The molecule has 1 aromatic rings. The summed E-state index contributed by atoms with van der Waals surface area (Å²) >= 11 is 3.22. The lowest BCUT2D eigenvalue weighted by Gasteiger charge is -2.22. The molecule has 2 rings (SSSR count). The Morgan fingerprint density at radius 1 is 1.50 bits per heavy atom. The van der Waals surface area contributed by atoms with E-state index in [0.29, 0.717) is 17.3 Å². The van der Waals surface area contributed by atoms with Crippen LogP contribution in [-0.2, 0) is 14.8 Å². The minimum Gasteiger partial charge on any atom is -0.495 e. The van der Waals surface area contributed by atoms with Crippen molar-refractivity contribution in [1.82, 2.24) is 4.31 Å². The van der Waals surface area contributed by atoms with Gasteiger partial charge in [-0.3, -0.25) is 4.79 Å². The SMILES string of the molecule is COc1ccc(Br)cc1S(=O)(=O)N1CCCC1C(=O)O. The Balaban J connectivity index is 2.50. The Kier molecular flexibility index (Phi) is 4.36. The first kappa shape index (κ1) is 15.3. The highest BCUT2D eigenvalue weighted by molar-refractivity contribution is 9.10. The molecule has 0 bridgehead atoms. The average Bonchev–Trinajstić information content (AvgIpc) is 2.88. The number of nitrogens with zero attached hydrogens (tertiary/aromatic N) is 1. The largest absolute Gasteiger partial charge is 0.495 e. The number of ether oxygens (including phenoxy) is 1. The number of hydrogen-bond acceptors (Lipinski definition) is 4. The number of rotatable bonds is 4. The molecule has 1 aromatic carbocycles. The van der Waals surface area contributed by atoms with Gasteiger partial charge in [0.05, 0.1) is 7.11 Å². The Morgan fingerprint density at radius 2 is 2.20 bits per heavy atom. The van der Waals surface area contributed by atoms with E-state index in [4.69, 9.17) is 9.84 Å². The smallest absolute Gasteiger partial charge is 0.322 e. The second-order valence-electron chi connectivity index (χ2n) is 4.41. The van der Waals surface area contributed by atoms with Crippen molar-refractivity contribution in [2.75, 3.05) is 13.7 Å². The predicted octanol–water partition coefficient (Wildman–Crippen LogP) is 1.70. The van der Waals surface area contributed by atoms with Gasteiger partial charge in [-0.25, -0.2) is 8.42 Å². The first-order valence-corrected chi connectivity index (χ1v) is 8.19. The fraction of sp³-hybridized carbons (Fsp3) is 0.417. The van der Waals surface area contributed by atoms with Gasteiger partial charge in [-0.05, 0) is 31.0 Å². The average molecular weight is 364 g/mol. The van der Waals surface area contributed by atoms with Gasteiger partial charge in [0.25, 0.3) is 0 Å². The van der Waals surface area contributed by atoms with Gasteiger partial charge >= 0.3 is 5.97 Å². The van der Waals surface area contributed by atoms with Gasteiger partial charge in [0, 0.05) is 11.0 Å². The summed E-state index contributed by atoms with van der Waals surface area (Å²) < 4.78 is 32.0. The van der Waals surface area contributed by atoms with Gasteiger partial charge in [-0.1, -0.05) is 15.9 Å². The zero-order valence-electron chi connectivity index (χ0n) is 10.7. The quantitative estimate of drug-likeness (QED) is 0.879. The molecule has 1 saturated heterocycles. The normalized spacial score (nSPS) is 20.0. The summed E-state index contributed by atoms with van der Waals surface area (Å²) in [4.78, 5) is 11.1. The molecule has 6 nitrogen and oxygen atoms in total. The summed E-state index contributed by atoms with van der Waals surface area (Å²) in [5.41, 5.74) is 0. The van der Waals surface area contributed by atoms with Gasteiger partial charge in [0.1, 0.15) is 16.7 Å². The lowest BCUT2D eigenvalue weighted by Crippen LogP contribution is -2.40. The summed E-state index contributed by atoms with van der Waals surface area (Å²) in [6.07, 6.45) is 0.859. The van der Waals surface area contributed by atoms with Crippen molar-refractivity contribution in [1.29, 1.82) is 0 Å². The van der Waals surface area contributed by atoms with Crippen LogP contribution in [-0.4, -0.2) is 43.5 Å². The van der Waals surface area contributed by atoms with Crippen LogP contribution in [0.25, 0.3) is 0 Å². The van der Waals surface area contributed by atoms with Crippen LogP contribution in [0.3, 0.4) is 0 Å². The summed E-state index contributed by atoms with van der Waals surface area (Å²) in [6, 6.07) is 3.61. The monoisotopic (exact) mass is 363 g/mol. The molecule has 1 aliphatic heterocycles. The molecule has 0 saturated carbocycles. The van der Waals surface area contributed by atoms with Crippen LogP contribution >= 0.6 is 15.9 Å². The molecule has 110 valence electrons. The third-order valence-electron chi connectivity index (χ3n) is 3.20. The van der Waals surface area contributed by atoms with Crippen molar-refractivity contribution in [3.05, 3.63) is 22.7 Å². The van der Waals surface area contributed by atoms with E-state index in [9.17, 15) is 13.2 Å². The first-order chi connectivity index (χ1) is 9.37. The Labute approximate surface area is 125 Å². The summed E-state index contributed by atoms with van der Waals surface area (Å²) in [5.74, 6) is -0.927. The van der Waals surface area contributed by atoms with E-state index in [-0.39, 0.29) is 17.2 Å². The highest BCUT2D eigenvalue weighted by Crippen LogP contribution is 2.33. The Bertz CT molecular complexity index is 631. The maximum Gasteiger partial charge on any atom is 0.322 e. The van der Waals surface area contributed by atoms with Crippen molar-refractivity contribution in [3.8, 4) is 5.75 Å². The van der Waals surface area contributed by atoms with Gasteiger partial charge in [0.2, 0.25) is 10.0 Å². The maximum absolute atomic E-state index is 12.6. The number of carbonyl (C=O) groups is 1. The second-order valence-corrected chi connectivity index (χ2v) is 7.18. The van der Waals surface area contributed by atoms with E-state index in [1.807, 2.05) is 0 Å². The van der Waals surface area contributed by atoms with E-state index in [2.05, 4.69) is 15.9 Å². The minimum absolute atomic E-state index is 0.0254. The molecule has 0 radical (unpaired) electrons. The van der Waals surface area contributed by atoms with Crippen LogP contribution in [0.1, 0.15) is 12.8 Å². The van der Waals surface area contributed by atoms with Crippen LogP contribution in [0, 0.1) is 0 Å². The standard InChI is InChI=1S/C12H14BrNO5S/c1-19-10-5-4-8(13)7-11(10)20(17,18)14-6-2-3-9(14)12(15)16/h4-5,7,9H,2-3,6H2,1H3,(H,15,16). The van der Waals surface area contributed by atoms with E-state index >= 15 is 0 Å². The van der Waals surface area contributed by atoms with Crippen molar-refractivity contribution in [3.63, 3.8) is 0 Å². The molecular weight excluding hydrogens is 350 g/mol. The van der Waals surface area contributed by atoms with Crippen molar-refractivity contribution >= 4 is 31.9 Å². The summed E-state index contributed by atoms with van der Waals surface area (Å²) in [7, 11) is -2.52. The lowest BCUT2D eigenvalue weighted by molar-refractivity contribution is -0.140. The summed E-state index contributed by atoms with van der Waals surface area (Å²) in [5, 5.41) is 9.13. The van der Waals surface area contributed by atoms with E-state index in [1.165, 1.54) is 19.2 Å². The van der Waals surface area contributed by atoms with Gasteiger partial charge in [-0.15, -0.1) is 0 Å². The third kappa shape index (κ3) is 2.68. The third-order valence-corrected chi connectivity index (χ3v) is 5.62. The fourth-order valence-electron chi connectivity index (χ4n) is 2.25. The topological polar surface area (TPSA) is 83.9 Å². The van der Waals surface area contributed by atoms with Crippen LogP contribution in [0.15, 0.2) is 27.6 Å². The molecule has 1 atom stereocenters. The number of halogens is 1. The van der Waals surface area contributed by atoms with Crippen molar-refractivity contribution < 1.29 is 23.1 Å². The van der Waals surface area contributed by atoms with E-state index in [1.54, 1.807) is 6.07 Å². The van der Waals surface area contributed by atoms with E-state index < -0.39 is 22.0 Å². The predicted molar refractivity (Wildman–Crippen MR) is 75.2 cm³/mol.